The fourth-order valence-electron chi connectivity index (χ4n) is 1.75. The smallest absolute Gasteiger partial charge is 0.129 e. The Morgan fingerprint density at radius 2 is 0.958 bits per heavy atom. The Kier molecular flexibility index (Phi) is 16.5. The van der Waals surface area contributed by atoms with Crippen molar-refractivity contribution in [2.24, 2.45) is 0 Å². The van der Waals surface area contributed by atoms with Crippen LogP contribution in [0.5, 0.6) is 0 Å². The van der Waals surface area contributed by atoms with E-state index in [4.69, 9.17) is 30.6 Å². The van der Waals surface area contributed by atoms with E-state index in [0.29, 0.717) is 38.5 Å². The lowest BCUT2D eigenvalue weighted by atomic mass is 10.1. The molecule has 0 saturated heterocycles. The highest BCUT2D eigenvalue weighted by molar-refractivity contribution is 5.75. The molecule has 144 valence electrons. The van der Waals surface area contributed by atoms with Gasteiger partial charge in [0.25, 0.3) is 0 Å². The van der Waals surface area contributed by atoms with Crippen molar-refractivity contribution >= 4 is 11.6 Å². The molecule has 0 bridgehead atoms. The normalized spacial score (nSPS) is 15.7. The van der Waals surface area contributed by atoms with E-state index in [9.17, 15) is 9.59 Å². The largest absolute Gasteiger partial charge is 0.394 e. The van der Waals surface area contributed by atoms with Gasteiger partial charge in [-0.25, -0.2) is 0 Å². The predicted molar refractivity (Wildman–Crippen MR) is 87.3 cm³/mol. The molecule has 0 heterocycles. The summed E-state index contributed by atoms with van der Waals surface area (Å²) in [4.78, 5) is 20.9. The number of hydrogen-bond acceptors (Lipinski definition) is 8. The average Bonchev–Trinajstić information content (AvgIpc) is 2.52. The van der Waals surface area contributed by atoms with Gasteiger partial charge in [-0.2, -0.15) is 0 Å². The summed E-state index contributed by atoms with van der Waals surface area (Å²) in [6, 6.07) is 0. The third-order valence-corrected chi connectivity index (χ3v) is 3.32. The van der Waals surface area contributed by atoms with E-state index in [1.807, 2.05) is 0 Å². The quantitative estimate of drug-likeness (QED) is 0.259. The van der Waals surface area contributed by atoms with Gasteiger partial charge in [0.2, 0.25) is 0 Å². The molecule has 8 nitrogen and oxygen atoms in total. The fraction of sp³-hybridized carbons (Fsp3) is 0.875. The van der Waals surface area contributed by atoms with Gasteiger partial charge in [0.1, 0.15) is 23.8 Å². The van der Waals surface area contributed by atoms with Crippen LogP contribution in [-0.2, 0) is 9.59 Å². The zero-order valence-electron chi connectivity index (χ0n) is 14.5. The molecule has 0 aliphatic rings. The van der Waals surface area contributed by atoms with E-state index in [1.165, 1.54) is 13.8 Å². The molecule has 0 rings (SSSR count). The molecule has 0 amide bonds. The number of hydrogen-bond donors (Lipinski definition) is 6. The number of carbonyl (C=O) groups is 2. The highest BCUT2D eigenvalue weighted by Gasteiger charge is 2.15. The molecule has 6 N–H and O–H groups in total. The molecule has 4 atom stereocenters. The molecular formula is C16H32O8. The molecule has 0 fully saturated rings. The summed E-state index contributed by atoms with van der Waals surface area (Å²) in [6.07, 6.45) is -1.40. The molecule has 0 spiro atoms. The lowest BCUT2D eigenvalue weighted by Crippen LogP contribution is -2.29. The highest BCUT2D eigenvalue weighted by Crippen LogP contribution is 2.05. The molecular weight excluding hydrogens is 320 g/mol. The zero-order chi connectivity index (χ0) is 19.1. The second kappa shape index (κ2) is 15.6. The van der Waals surface area contributed by atoms with Crippen LogP contribution in [0.2, 0.25) is 0 Å². The Bertz CT molecular complexity index is 302. The Balaban J connectivity index is 0. The van der Waals surface area contributed by atoms with Crippen LogP contribution in [0.1, 0.15) is 52.4 Å². The van der Waals surface area contributed by atoms with Crippen LogP contribution in [0.4, 0.5) is 0 Å². The van der Waals surface area contributed by atoms with Crippen molar-refractivity contribution in [1.29, 1.82) is 0 Å². The van der Waals surface area contributed by atoms with Crippen LogP contribution in [0, 0.1) is 0 Å². The Labute approximate surface area is 142 Å². The minimum atomic E-state index is -1.09. The third-order valence-electron chi connectivity index (χ3n) is 3.32. The second-order valence-corrected chi connectivity index (χ2v) is 5.82. The van der Waals surface area contributed by atoms with E-state index in [1.54, 1.807) is 0 Å². The van der Waals surface area contributed by atoms with Crippen molar-refractivity contribution in [1.82, 2.24) is 0 Å². The maximum absolute atomic E-state index is 10.5. The topological polar surface area (TPSA) is 156 Å². The molecule has 0 aromatic rings. The van der Waals surface area contributed by atoms with Crippen LogP contribution < -0.4 is 0 Å². The van der Waals surface area contributed by atoms with Gasteiger partial charge in [-0.05, 0) is 39.5 Å². The summed E-state index contributed by atoms with van der Waals surface area (Å²) in [5, 5.41) is 52.9. The minimum Gasteiger partial charge on any atom is -0.394 e. The van der Waals surface area contributed by atoms with E-state index in [0.717, 1.165) is 0 Å². The molecule has 0 unspecified atom stereocenters. The number of Topliss-reactive ketones (excluding diaryl/α,β-unsaturated/α-hetero) is 2. The monoisotopic (exact) mass is 352 g/mol. The first-order valence-corrected chi connectivity index (χ1v) is 8.08. The number of aliphatic hydroxyl groups excluding tert-OH is 6. The minimum absolute atomic E-state index is 0.0701. The van der Waals surface area contributed by atoms with Crippen LogP contribution in [0.3, 0.4) is 0 Å². The summed E-state index contributed by atoms with van der Waals surface area (Å²) in [5.74, 6) is 0.140. The molecule has 24 heavy (non-hydrogen) atoms. The van der Waals surface area contributed by atoms with Crippen LogP contribution in [0.15, 0.2) is 0 Å². The van der Waals surface area contributed by atoms with Crippen molar-refractivity contribution in [3.8, 4) is 0 Å². The van der Waals surface area contributed by atoms with Crippen molar-refractivity contribution in [2.75, 3.05) is 13.2 Å². The standard InChI is InChI=1S/2C8H16O4/c2*1-6(10)3-2-4-7(11)8(12)5-9/h2*7-9,11-12H,2-5H2,1H3/t2*7-,8+/m00/s1. The zero-order valence-corrected chi connectivity index (χ0v) is 14.5. The first kappa shape index (κ1) is 25.3. The molecule has 0 aliphatic carbocycles. The number of rotatable bonds is 12. The van der Waals surface area contributed by atoms with Crippen molar-refractivity contribution < 1.29 is 40.2 Å². The lowest BCUT2D eigenvalue weighted by molar-refractivity contribution is -0.118. The number of ketones is 2. The van der Waals surface area contributed by atoms with Crippen molar-refractivity contribution in [2.45, 2.75) is 76.8 Å². The average molecular weight is 352 g/mol. The maximum atomic E-state index is 10.5. The first-order valence-electron chi connectivity index (χ1n) is 8.08. The van der Waals surface area contributed by atoms with Crippen LogP contribution in [0.25, 0.3) is 0 Å². The SMILES string of the molecule is CC(=O)CCC[C@H](O)[C@H](O)CO.CC(=O)CCC[C@H](O)[C@H](O)CO. The van der Waals surface area contributed by atoms with Crippen LogP contribution >= 0.6 is 0 Å². The van der Waals surface area contributed by atoms with Gasteiger partial charge in [-0.3, -0.25) is 0 Å². The number of aliphatic hydroxyl groups is 6. The Morgan fingerprint density at radius 3 is 1.17 bits per heavy atom. The molecule has 0 aromatic carbocycles. The van der Waals surface area contributed by atoms with Gasteiger partial charge in [0.15, 0.2) is 0 Å². The second-order valence-electron chi connectivity index (χ2n) is 5.82. The van der Waals surface area contributed by atoms with E-state index in [2.05, 4.69) is 0 Å². The van der Waals surface area contributed by atoms with Crippen molar-refractivity contribution in [3.63, 3.8) is 0 Å². The first-order chi connectivity index (χ1) is 11.1. The van der Waals surface area contributed by atoms with Gasteiger partial charge in [0, 0.05) is 12.8 Å². The van der Waals surface area contributed by atoms with E-state index < -0.39 is 37.6 Å². The lowest BCUT2D eigenvalue weighted by Gasteiger charge is -2.14. The summed E-state index contributed by atoms with van der Waals surface area (Å²) >= 11 is 0. The molecule has 0 saturated carbocycles. The summed E-state index contributed by atoms with van der Waals surface area (Å²) in [5.41, 5.74) is 0. The van der Waals surface area contributed by atoms with Gasteiger partial charge in [0.05, 0.1) is 25.4 Å². The molecule has 0 aliphatic heterocycles. The van der Waals surface area contributed by atoms with Crippen LogP contribution in [-0.4, -0.2) is 79.8 Å². The summed E-state index contributed by atoms with van der Waals surface area (Å²) in [6.45, 7) is 2.08. The molecule has 8 heteroatoms. The predicted octanol–water partition coefficient (Wildman–Crippen LogP) is -1.08. The van der Waals surface area contributed by atoms with E-state index >= 15 is 0 Å². The van der Waals surface area contributed by atoms with Gasteiger partial charge in [-0.1, -0.05) is 0 Å². The summed E-state index contributed by atoms with van der Waals surface area (Å²) in [7, 11) is 0. The van der Waals surface area contributed by atoms with Gasteiger partial charge in [-0.15, -0.1) is 0 Å². The van der Waals surface area contributed by atoms with Crippen molar-refractivity contribution in [3.05, 3.63) is 0 Å². The highest BCUT2D eigenvalue weighted by atomic mass is 16.4. The fourth-order valence-corrected chi connectivity index (χ4v) is 1.75. The molecule has 0 aromatic heterocycles. The number of carbonyl (C=O) groups excluding carboxylic acids is 2. The third kappa shape index (κ3) is 16.0. The summed E-state index contributed by atoms with van der Waals surface area (Å²) < 4.78 is 0. The maximum Gasteiger partial charge on any atom is 0.129 e. The van der Waals surface area contributed by atoms with Gasteiger partial charge >= 0.3 is 0 Å². The van der Waals surface area contributed by atoms with E-state index in [-0.39, 0.29) is 11.6 Å². The Hall–Kier alpha value is -0.900. The Morgan fingerprint density at radius 1 is 0.667 bits per heavy atom. The molecule has 0 radical (unpaired) electrons. The van der Waals surface area contributed by atoms with Gasteiger partial charge < -0.3 is 40.2 Å².